The average molecular weight is 365 g/mol. The van der Waals surface area contributed by atoms with Crippen molar-refractivity contribution in [2.45, 2.75) is 31.7 Å². The number of aryl methyl sites for hydroxylation is 1. The summed E-state index contributed by atoms with van der Waals surface area (Å²) in [4.78, 5) is 14.7. The predicted octanol–water partition coefficient (Wildman–Crippen LogP) is 2.81. The zero-order chi connectivity index (χ0) is 18.8. The van der Waals surface area contributed by atoms with E-state index in [0.29, 0.717) is 23.4 Å². The van der Waals surface area contributed by atoms with Gasteiger partial charge >= 0.3 is 0 Å². The van der Waals surface area contributed by atoms with E-state index in [1.807, 2.05) is 17.9 Å². The summed E-state index contributed by atoms with van der Waals surface area (Å²) in [5.41, 5.74) is 9.52. The fourth-order valence-corrected chi connectivity index (χ4v) is 4.44. The summed E-state index contributed by atoms with van der Waals surface area (Å²) in [6.07, 6.45) is 1.95. The minimum atomic E-state index is -0.0666. The fourth-order valence-electron chi connectivity index (χ4n) is 4.44. The lowest BCUT2D eigenvalue weighted by atomic mass is 9.80. The molecule has 4 rings (SSSR count). The number of carbonyl (C=O) groups excluding carboxylic acids is 1. The summed E-state index contributed by atoms with van der Waals surface area (Å²) in [6.45, 7) is 4.31. The lowest BCUT2D eigenvalue weighted by Crippen LogP contribution is -2.45. The van der Waals surface area contributed by atoms with Crippen molar-refractivity contribution >= 4 is 5.91 Å². The molecule has 0 saturated carbocycles. The first-order valence-corrected chi connectivity index (χ1v) is 9.75. The number of nitrogens with zero attached hydrogens (tertiary/aromatic N) is 1. The number of hydrogen-bond acceptors (Lipinski definition) is 4. The van der Waals surface area contributed by atoms with Crippen molar-refractivity contribution in [1.82, 2.24) is 15.8 Å². The molecule has 2 unspecified atom stereocenters. The molecule has 2 saturated heterocycles. The second-order valence-electron chi connectivity index (χ2n) is 7.72. The van der Waals surface area contributed by atoms with E-state index in [0.717, 1.165) is 38.0 Å². The Kier molecular flexibility index (Phi) is 5.14. The first-order valence-electron chi connectivity index (χ1n) is 9.75. The Morgan fingerprint density at radius 2 is 1.85 bits per heavy atom. The van der Waals surface area contributed by atoms with Crippen LogP contribution in [-0.4, -0.2) is 41.6 Å². The van der Waals surface area contributed by atoms with Gasteiger partial charge in [-0.15, -0.1) is 0 Å². The van der Waals surface area contributed by atoms with Crippen molar-refractivity contribution in [2.24, 2.45) is 5.92 Å². The van der Waals surface area contributed by atoms with Gasteiger partial charge in [0, 0.05) is 31.6 Å². The van der Waals surface area contributed by atoms with E-state index in [9.17, 15) is 9.90 Å². The third-order valence-corrected chi connectivity index (χ3v) is 5.97. The molecule has 2 atom stereocenters. The Bertz CT molecular complexity index is 800. The van der Waals surface area contributed by atoms with Crippen LogP contribution in [0, 0.1) is 12.8 Å². The number of hydrogen-bond donors (Lipinski definition) is 3. The zero-order valence-electron chi connectivity index (χ0n) is 15.7. The van der Waals surface area contributed by atoms with E-state index in [-0.39, 0.29) is 11.7 Å². The highest BCUT2D eigenvalue weighted by atomic mass is 16.3. The van der Waals surface area contributed by atoms with Gasteiger partial charge in [-0.25, -0.2) is 0 Å². The van der Waals surface area contributed by atoms with Crippen LogP contribution in [0.15, 0.2) is 48.5 Å². The predicted molar refractivity (Wildman–Crippen MR) is 106 cm³/mol. The Balaban J connectivity index is 1.40. The maximum Gasteiger partial charge on any atom is 0.257 e. The van der Waals surface area contributed by atoms with Crippen LogP contribution in [0.25, 0.3) is 0 Å². The third kappa shape index (κ3) is 3.70. The van der Waals surface area contributed by atoms with Gasteiger partial charge in [0.1, 0.15) is 5.75 Å². The second kappa shape index (κ2) is 7.71. The molecule has 1 amide bonds. The number of hydrazine groups is 1. The zero-order valence-corrected chi connectivity index (χ0v) is 15.7. The number of benzene rings is 2. The summed E-state index contributed by atoms with van der Waals surface area (Å²) < 4.78 is 0. The van der Waals surface area contributed by atoms with Crippen LogP contribution in [0.3, 0.4) is 0 Å². The molecule has 27 heavy (non-hydrogen) atoms. The van der Waals surface area contributed by atoms with Gasteiger partial charge in [-0.1, -0.05) is 36.4 Å². The summed E-state index contributed by atoms with van der Waals surface area (Å²) in [7, 11) is 0. The number of amides is 1. The number of likely N-dealkylation sites (tertiary alicyclic amines) is 1. The van der Waals surface area contributed by atoms with E-state index in [4.69, 9.17) is 0 Å². The molecule has 0 spiro atoms. The maximum atomic E-state index is 12.8. The van der Waals surface area contributed by atoms with Crippen LogP contribution >= 0.6 is 0 Å². The molecule has 0 radical (unpaired) electrons. The molecule has 142 valence electrons. The SMILES string of the molecule is Cc1ccc(C(=O)N2CCC(C3NNCC3c3ccccc3)CC2)c(O)c1. The van der Waals surface area contributed by atoms with Gasteiger partial charge in [0.2, 0.25) is 0 Å². The molecule has 0 bridgehead atoms. The van der Waals surface area contributed by atoms with Crippen molar-refractivity contribution in [3.05, 3.63) is 65.2 Å². The average Bonchev–Trinajstić information content (AvgIpc) is 3.18. The molecule has 2 aliphatic rings. The Hall–Kier alpha value is -2.37. The molecule has 3 N–H and O–H groups in total. The minimum absolute atomic E-state index is 0.0666. The van der Waals surface area contributed by atoms with Gasteiger partial charge in [0.05, 0.1) is 5.56 Å². The lowest BCUT2D eigenvalue weighted by molar-refractivity contribution is 0.0667. The Labute approximate surface area is 160 Å². The normalized spacial score (nSPS) is 23.5. The fraction of sp³-hybridized carbons (Fsp3) is 0.409. The standard InChI is InChI=1S/C22H27N3O2/c1-15-7-8-18(20(26)13-15)22(27)25-11-9-17(10-12-25)21-19(14-23-24-21)16-5-3-2-4-6-16/h2-8,13,17,19,21,23-24,26H,9-12,14H2,1H3. The Morgan fingerprint density at radius 1 is 1.11 bits per heavy atom. The van der Waals surface area contributed by atoms with Crippen LogP contribution in [-0.2, 0) is 0 Å². The van der Waals surface area contributed by atoms with Crippen LogP contribution in [0.2, 0.25) is 0 Å². The molecular formula is C22H27N3O2. The van der Waals surface area contributed by atoms with Crippen LogP contribution in [0.4, 0.5) is 0 Å². The lowest BCUT2D eigenvalue weighted by Gasteiger charge is -2.36. The van der Waals surface area contributed by atoms with Crippen molar-refractivity contribution in [3.8, 4) is 5.75 Å². The number of rotatable bonds is 3. The van der Waals surface area contributed by atoms with E-state index in [1.54, 1.807) is 12.1 Å². The molecule has 0 aromatic heterocycles. The molecule has 5 nitrogen and oxygen atoms in total. The number of carbonyl (C=O) groups is 1. The second-order valence-corrected chi connectivity index (χ2v) is 7.72. The first kappa shape index (κ1) is 18.0. The number of nitrogens with one attached hydrogen (secondary N) is 2. The topological polar surface area (TPSA) is 64.6 Å². The summed E-state index contributed by atoms with van der Waals surface area (Å²) >= 11 is 0. The molecule has 2 aromatic rings. The molecule has 2 aliphatic heterocycles. The van der Waals surface area contributed by atoms with Gasteiger partial charge in [-0.2, -0.15) is 0 Å². The maximum absolute atomic E-state index is 12.8. The van der Waals surface area contributed by atoms with Gasteiger partial charge in [0.25, 0.3) is 5.91 Å². The smallest absolute Gasteiger partial charge is 0.257 e. The molecule has 2 aromatic carbocycles. The Morgan fingerprint density at radius 3 is 2.56 bits per heavy atom. The summed E-state index contributed by atoms with van der Waals surface area (Å²) in [5.74, 6) is 0.997. The quantitative estimate of drug-likeness (QED) is 0.783. The monoisotopic (exact) mass is 365 g/mol. The van der Waals surface area contributed by atoms with Gasteiger partial charge < -0.3 is 10.0 Å². The highest BCUT2D eigenvalue weighted by Gasteiger charge is 2.37. The molecular weight excluding hydrogens is 338 g/mol. The largest absolute Gasteiger partial charge is 0.507 e. The summed E-state index contributed by atoms with van der Waals surface area (Å²) in [6, 6.07) is 16.3. The molecule has 2 heterocycles. The number of piperidine rings is 1. The third-order valence-electron chi connectivity index (χ3n) is 5.97. The van der Waals surface area contributed by atoms with Gasteiger partial charge in [-0.05, 0) is 48.9 Å². The van der Waals surface area contributed by atoms with Crippen molar-refractivity contribution in [3.63, 3.8) is 0 Å². The van der Waals surface area contributed by atoms with E-state index in [2.05, 4.69) is 41.2 Å². The molecule has 2 fully saturated rings. The number of aromatic hydroxyl groups is 1. The van der Waals surface area contributed by atoms with Gasteiger partial charge in [0.15, 0.2) is 0 Å². The number of phenolic OH excluding ortho intramolecular Hbond substituents is 1. The number of phenols is 1. The van der Waals surface area contributed by atoms with E-state index in [1.165, 1.54) is 5.56 Å². The van der Waals surface area contributed by atoms with Crippen molar-refractivity contribution in [2.75, 3.05) is 19.6 Å². The first-order chi connectivity index (χ1) is 13.1. The molecule has 0 aliphatic carbocycles. The minimum Gasteiger partial charge on any atom is -0.507 e. The van der Waals surface area contributed by atoms with Crippen LogP contribution in [0.5, 0.6) is 5.75 Å². The highest BCUT2D eigenvalue weighted by molar-refractivity contribution is 5.97. The van der Waals surface area contributed by atoms with Crippen LogP contribution < -0.4 is 10.9 Å². The van der Waals surface area contributed by atoms with E-state index >= 15 is 0 Å². The highest BCUT2D eigenvalue weighted by Crippen LogP contribution is 2.33. The van der Waals surface area contributed by atoms with Crippen molar-refractivity contribution < 1.29 is 9.90 Å². The summed E-state index contributed by atoms with van der Waals surface area (Å²) in [5, 5.41) is 10.1. The molecule has 5 heteroatoms. The van der Waals surface area contributed by atoms with Crippen molar-refractivity contribution in [1.29, 1.82) is 0 Å². The van der Waals surface area contributed by atoms with Gasteiger partial charge in [-0.3, -0.25) is 15.6 Å². The van der Waals surface area contributed by atoms with Crippen LogP contribution in [0.1, 0.15) is 40.2 Å². The van der Waals surface area contributed by atoms with E-state index < -0.39 is 0 Å².